The third-order valence-corrected chi connectivity index (χ3v) is 1.32. The van der Waals surface area contributed by atoms with E-state index in [0.29, 0.717) is 0 Å². The quantitative estimate of drug-likeness (QED) is 0.490. The number of hydrogen-bond donors (Lipinski definition) is 2. The summed E-state index contributed by atoms with van der Waals surface area (Å²) < 4.78 is 10.6. The van der Waals surface area contributed by atoms with E-state index in [9.17, 15) is 0 Å². The summed E-state index contributed by atoms with van der Waals surface area (Å²) in [6, 6.07) is 0. The van der Waals surface area contributed by atoms with Crippen LogP contribution >= 0.6 is 8.69 Å². The maximum Gasteiger partial charge on any atom is 0.324 e. The van der Waals surface area contributed by atoms with Gasteiger partial charge in [-0.05, 0) is 6.92 Å². The molecular formula is C6H12N2O2P+. The molecule has 4 nitrogen and oxygen atoms in total. The zero-order valence-electron chi connectivity index (χ0n) is 6.61. The Labute approximate surface area is 67.2 Å². The van der Waals surface area contributed by atoms with Crippen LogP contribution in [-0.2, 0) is 11.1 Å². The van der Waals surface area contributed by atoms with Gasteiger partial charge in [-0.3, -0.25) is 0 Å². The van der Waals surface area contributed by atoms with Gasteiger partial charge in [-0.2, -0.15) is 0 Å². The minimum absolute atomic E-state index is 0.833. The van der Waals surface area contributed by atoms with Crippen molar-refractivity contribution in [2.45, 2.75) is 20.4 Å². The van der Waals surface area contributed by atoms with Gasteiger partial charge >= 0.3 is 8.69 Å². The van der Waals surface area contributed by atoms with E-state index in [1.165, 1.54) is 5.82 Å². The predicted octanol–water partition coefficient (Wildman–Crippen LogP) is 0.816. The van der Waals surface area contributed by atoms with Gasteiger partial charge in [0.25, 0.3) is 5.82 Å². The van der Waals surface area contributed by atoms with Gasteiger partial charge in [-0.15, -0.1) is 0 Å². The first-order valence-electron chi connectivity index (χ1n) is 3.26. The average Bonchev–Trinajstić information content (AvgIpc) is 2.36. The zero-order valence-corrected chi connectivity index (χ0v) is 7.51. The van der Waals surface area contributed by atoms with Crippen LogP contribution in [0.25, 0.3) is 0 Å². The van der Waals surface area contributed by atoms with Gasteiger partial charge in [-0.25, -0.2) is 14.1 Å². The third kappa shape index (κ3) is 3.86. The van der Waals surface area contributed by atoms with Gasteiger partial charge in [0.1, 0.15) is 12.4 Å². The van der Waals surface area contributed by atoms with Crippen molar-refractivity contribution in [3.05, 3.63) is 18.2 Å². The predicted molar refractivity (Wildman–Crippen MR) is 41.2 cm³/mol. The molecular weight excluding hydrogens is 163 g/mol. The number of rotatable bonds is 1. The lowest BCUT2D eigenvalue weighted by molar-refractivity contribution is -0.698. The van der Waals surface area contributed by atoms with E-state index in [-0.39, 0.29) is 0 Å². The van der Waals surface area contributed by atoms with Crippen LogP contribution in [0.2, 0.25) is 0 Å². The fourth-order valence-electron chi connectivity index (χ4n) is 0.785. The van der Waals surface area contributed by atoms with Crippen LogP contribution in [0.15, 0.2) is 12.4 Å². The van der Waals surface area contributed by atoms with Crippen LogP contribution in [0.4, 0.5) is 0 Å². The molecule has 0 amide bonds. The van der Waals surface area contributed by atoms with E-state index in [2.05, 4.69) is 23.4 Å². The third-order valence-electron chi connectivity index (χ3n) is 1.32. The number of hydrogen-bond acceptors (Lipinski definition) is 1. The molecule has 1 aromatic heterocycles. The normalized spacial score (nSPS) is 9.00. The van der Waals surface area contributed by atoms with Crippen molar-refractivity contribution < 1.29 is 14.0 Å². The first-order chi connectivity index (χ1) is 5.26. The molecule has 62 valence electrons. The second-order valence-electron chi connectivity index (χ2n) is 1.91. The van der Waals surface area contributed by atoms with Crippen molar-refractivity contribution in [3.63, 3.8) is 0 Å². The molecule has 0 saturated heterocycles. The highest BCUT2D eigenvalue weighted by Gasteiger charge is 1.97. The molecule has 0 unspecified atom stereocenters. The van der Waals surface area contributed by atoms with E-state index in [4.69, 9.17) is 9.46 Å². The highest BCUT2D eigenvalue weighted by atomic mass is 31.1. The van der Waals surface area contributed by atoms with Crippen molar-refractivity contribution in [1.82, 2.24) is 4.98 Å². The van der Waals surface area contributed by atoms with E-state index in [1.54, 1.807) is 0 Å². The van der Waals surface area contributed by atoms with Gasteiger partial charge in [0.15, 0.2) is 0 Å². The second kappa shape index (κ2) is 6.01. The number of aromatic nitrogens is 2. The largest absolute Gasteiger partial charge is 0.324 e. The number of imidazole rings is 1. The first-order valence-corrected chi connectivity index (χ1v) is 4.02. The maximum atomic E-state index is 8.46. The molecule has 1 heterocycles. The molecule has 2 N–H and O–H groups in total. The summed E-state index contributed by atoms with van der Waals surface area (Å²) in [6.07, 6.45) is 3.98. The van der Waals surface area contributed by atoms with Crippen molar-refractivity contribution in [2.75, 3.05) is 0 Å². The second-order valence-corrected chi connectivity index (χ2v) is 2.08. The van der Waals surface area contributed by atoms with Crippen molar-refractivity contribution >= 4 is 8.69 Å². The van der Waals surface area contributed by atoms with Gasteiger partial charge < -0.3 is 4.89 Å². The molecule has 0 aliphatic rings. The van der Waals surface area contributed by atoms with Crippen LogP contribution < -0.4 is 4.57 Å². The Morgan fingerprint density at radius 3 is 2.55 bits per heavy atom. The van der Waals surface area contributed by atoms with E-state index in [0.717, 1.165) is 6.54 Å². The highest BCUT2D eigenvalue weighted by molar-refractivity contribution is 7.16. The Kier molecular flexibility index (Phi) is 5.61. The Morgan fingerprint density at radius 2 is 2.36 bits per heavy atom. The molecule has 11 heavy (non-hydrogen) atoms. The minimum Gasteiger partial charge on any atom is -0.310 e. The average molecular weight is 175 g/mol. The molecule has 0 atom stereocenters. The van der Waals surface area contributed by atoms with E-state index in [1.807, 2.05) is 12.4 Å². The van der Waals surface area contributed by atoms with Crippen molar-refractivity contribution in [3.8, 4) is 0 Å². The van der Waals surface area contributed by atoms with E-state index >= 15 is 0 Å². The first kappa shape index (κ1) is 10.3. The van der Waals surface area contributed by atoms with Crippen molar-refractivity contribution in [1.29, 1.82) is 0 Å². The van der Waals surface area contributed by atoms with Crippen LogP contribution in [0, 0.1) is 6.92 Å². The van der Waals surface area contributed by atoms with Gasteiger partial charge in [0, 0.05) is 6.92 Å². The standard InChI is InChI=1S/C6H10N2.HO2P/c1-3-8-5-4-7-6(8)2;1-3-2/h4-5H,3H2,1-2H3;(H,1,2)/p+1. The monoisotopic (exact) mass is 175 g/mol. The Bertz CT molecular complexity index is 212. The fraction of sp³-hybridized carbons (Fsp3) is 0.500. The van der Waals surface area contributed by atoms with Crippen LogP contribution in [0.1, 0.15) is 12.7 Å². The number of aryl methyl sites for hydroxylation is 2. The van der Waals surface area contributed by atoms with Crippen LogP contribution in [0.5, 0.6) is 0 Å². The molecule has 5 heteroatoms. The Morgan fingerprint density at radius 1 is 1.82 bits per heavy atom. The summed E-state index contributed by atoms with van der Waals surface area (Å²) >= 11 is 0. The molecule has 0 aliphatic carbocycles. The molecule has 1 rings (SSSR count). The molecule has 1 aromatic rings. The topological polar surface area (TPSA) is 57.0 Å². The maximum absolute atomic E-state index is 8.46. The summed E-state index contributed by atoms with van der Waals surface area (Å²) in [6.45, 7) is 5.24. The number of nitrogens with zero attached hydrogens (tertiary/aromatic N) is 1. The van der Waals surface area contributed by atoms with Gasteiger partial charge in [0.2, 0.25) is 0 Å². The van der Waals surface area contributed by atoms with Crippen LogP contribution in [-0.4, -0.2) is 9.88 Å². The summed E-state index contributed by atoms with van der Waals surface area (Å²) in [5.74, 6) is 1.22. The van der Waals surface area contributed by atoms with Crippen molar-refractivity contribution in [2.24, 2.45) is 0 Å². The lowest BCUT2D eigenvalue weighted by Gasteiger charge is -1.86. The summed E-state index contributed by atoms with van der Waals surface area (Å²) in [7, 11) is -0.833. The Hall–Kier alpha value is -0.730. The smallest absolute Gasteiger partial charge is 0.310 e. The molecule has 0 radical (unpaired) electrons. The van der Waals surface area contributed by atoms with Gasteiger partial charge in [-0.1, -0.05) is 0 Å². The molecule has 0 aliphatic heterocycles. The molecule has 0 fully saturated rings. The fourth-order valence-corrected chi connectivity index (χ4v) is 0.785. The molecule has 0 spiro atoms. The number of nitrogens with one attached hydrogen (secondary N) is 1. The SMILES string of the molecule is CC[n+]1cc[nH]c1C.O=PO. The number of aromatic amines is 1. The summed E-state index contributed by atoms with van der Waals surface area (Å²) in [4.78, 5) is 10.1. The van der Waals surface area contributed by atoms with E-state index < -0.39 is 8.69 Å². The summed E-state index contributed by atoms with van der Waals surface area (Å²) in [5, 5.41) is 0. The lowest BCUT2D eigenvalue weighted by atomic mass is 10.6. The minimum atomic E-state index is -0.833. The van der Waals surface area contributed by atoms with Gasteiger partial charge in [0.05, 0.1) is 6.54 Å². The Balaban J connectivity index is 0.000000292. The highest BCUT2D eigenvalue weighted by Crippen LogP contribution is 1.78. The van der Waals surface area contributed by atoms with Crippen LogP contribution in [0.3, 0.4) is 0 Å². The summed E-state index contributed by atoms with van der Waals surface area (Å²) in [5.41, 5.74) is 0. The molecule has 0 saturated carbocycles. The lowest BCUT2D eigenvalue weighted by Crippen LogP contribution is -2.32. The number of H-pyrrole nitrogens is 1. The molecule has 0 aromatic carbocycles. The zero-order chi connectivity index (χ0) is 8.69. The molecule has 0 bridgehead atoms.